The van der Waals surface area contributed by atoms with E-state index in [0.717, 1.165) is 6.42 Å². The molecule has 1 nitrogen and oxygen atoms in total. The maximum atomic E-state index is 5.16. The van der Waals surface area contributed by atoms with Gasteiger partial charge in [-0.1, -0.05) is 42.0 Å². The minimum Gasteiger partial charge on any atom is -0.381 e. The third kappa shape index (κ3) is 3.75. The molecule has 0 aliphatic carbocycles. The molecule has 1 aromatic carbocycles. The van der Waals surface area contributed by atoms with Gasteiger partial charge in [0.15, 0.2) is 0 Å². The van der Waals surface area contributed by atoms with Crippen molar-refractivity contribution in [1.82, 2.24) is 0 Å². The number of hydrogen-bond donors (Lipinski definition) is 0. The van der Waals surface area contributed by atoms with E-state index in [4.69, 9.17) is 4.74 Å². The summed E-state index contributed by atoms with van der Waals surface area (Å²) in [5.74, 6) is 0. The van der Waals surface area contributed by atoms with Crippen molar-refractivity contribution in [3.8, 4) is 0 Å². The Kier molecular flexibility index (Phi) is 4.41. The molecule has 0 bridgehead atoms. The largest absolute Gasteiger partial charge is 0.381 e. The van der Waals surface area contributed by atoms with E-state index >= 15 is 0 Å². The molecule has 0 fully saturated rings. The van der Waals surface area contributed by atoms with Crippen LogP contribution in [0.5, 0.6) is 0 Å². The van der Waals surface area contributed by atoms with E-state index in [1.54, 1.807) is 7.11 Å². The molecule has 0 amide bonds. The lowest BCUT2D eigenvalue weighted by atomic mass is 10.1. The second kappa shape index (κ2) is 5.61. The van der Waals surface area contributed by atoms with Gasteiger partial charge in [0.25, 0.3) is 0 Å². The molecule has 0 heterocycles. The number of methoxy groups -OCH3 is 1. The van der Waals surface area contributed by atoms with Crippen LogP contribution in [0.3, 0.4) is 0 Å². The predicted octanol–water partition coefficient (Wildman–Crippen LogP) is 3.43. The highest BCUT2D eigenvalue weighted by atomic mass is 16.5. The third-order valence-electron chi connectivity index (χ3n) is 2.22. The minimum atomic E-state index is 0.302. The molecule has 0 spiro atoms. The Hall–Kier alpha value is -1.08. The van der Waals surface area contributed by atoms with E-state index in [-0.39, 0.29) is 0 Å². The highest BCUT2D eigenvalue weighted by Gasteiger charge is 1.93. The van der Waals surface area contributed by atoms with Crippen molar-refractivity contribution in [2.24, 2.45) is 0 Å². The van der Waals surface area contributed by atoms with Crippen molar-refractivity contribution in [1.29, 1.82) is 0 Å². The van der Waals surface area contributed by atoms with E-state index in [0.29, 0.717) is 6.10 Å². The number of aryl methyl sites for hydroxylation is 1. The summed E-state index contributed by atoms with van der Waals surface area (Å²) in [7, 11) is 1.74. The van der Waals surface area contributed by atoms with E-state index in [1.165, 1.54) is 11.1 Å². The molecule has 0 N–H and O–H groups in total. The van der Waals surface area contributed by atoms with Gasteiger partial charge in [0, 0.05) is 7.11 Å². The van der Waals surface area contributed by atoms with Crippen LogP contribution < -0.4 is 0 Å². The van der Waals surface area contributed by atoms with Crippen LogP contribution in [-0.4, -0.2) is 13.2 Å². The average Bonchev–Trinajstić information content (AvgIpc) is 2.17. The lowest BCUT2D eigenvalue weighted by Gasteiger charge is -2.04. The van der Waals surface area contributed by atoms with Crippen LogP contribution in [0, 0.1) is 6.92 Å². The van der Waals surface area contributed by atoms with Crippen molar-refractivity contribution in [2.75, 3.05) is 7.11 Å². The summed E-state index contributed by atoms with van der Waals surface area (Å²) in [4.78, 5) is 0. The van der Waals surface area contributed by atoms with Crippen LogP contribution in [-0.2, 0) is 4.74 Å². The quantitative estimate of drug-likeness (QED) is 0.706. The van der Waals surface area contributed by atoms with Gasteiger partial charge in [0.05, 0.1) is 6.10 Å². The van der Waals surface area contributed by atoms with Gasteiger partial charge in [-0.05, 0) is 25.8 Å². The molecule has 0 saturated carbocycles. The first-order chi connectivity index (χ1) is 6.72. The van der Waals surface area contributed by atoms with Crippen molar-refractivity contribution < 1.29 is 4.74 Å². The Labute approximate surface area is 86.4 Å². The predicted molar refractivity (Wildman–Crippen MR) is 61.3 cm³/mol. The zero-order chi connectivity index (χ0) is 10.4. The van der Waals surface area contributed by atoms with Gasteiger partial charge in [-0.25, -0.2) is 0 Å². The van der Waals surface area contributed by atoms with E-state index < -0.39 is 0 Å². The van der Waals surface area contributed by atoms with Crippen LogP contribution in [0.2, 0.25) is 0 Å². The van der Waals surface area contributed by atoms with E-state index in [1.807, 2.05) is 0 Å². The molecule has 1 aromatic rings. The fourth-order valence-electron chi connectivity index (χ4n) is 1.27. The first kappa shape index (κ1) is 11.0. The molecule has 14 heavy (non-hydrogen) atoms. The summed E-state index contributed by atoms with van der Waals surface area (Å²) in [6.45, 7) is 4.18. The summed E-state index contributed by atoms with van der Waals surface area (Å²) in [5.41, 5.74) is 2.56. The molecule has 76 valence electrons. The van der Waals surface area contributed by atoms with E-state index in [2.05, 4.69) is 50.3 Å². The molecular weight excluding hydrogens is 172 g/mol. The lowest BCUT2D eigenvalue weighted by molar-refractivity contribution is 0.121. The molecular formula is C13H18O. The van der Waals surface area contributed by atoms with Crippen molar-refractivity contribution >= 4 is 6.08 Å². The van der Waals surface area contributed by atoms with Crippen molar-refractivity contribution in [2.45, 2.75) is 26.4 Å². The SMILES string of the molecule is CO[C@H](C)C/C=C/c1cccc(C)c1. The Morgan fingerprint density at radius 1 is 1.43 bits per heavy atom. The molecule has 0 aliphatic heterocycles. The number of ether oxygens (including phenoxy) is 1. The average molecular weight is 190 g/mol. The van der Waals surface area contributed by atoms with Crippen LogP contribution in [0.25, 0.3) is 6.08 Å². The van der Waals surface area contributed by atoms with Crippen LogP contribution in [0.4, 0.5) is 0 Å². The first-order valence-electron chi connectivity index (χ1n) is 4.98. The monoisotopic (exact) mass is 190 g/mol. The Morgan fingerprint density at radius 3 is 2.86 bits per heavy atom. The third-order valence-corrected chi connectivity index (χ3v) is 2.22. The molecule has 1 heteroatoms. The molecule has 1 rings (SSSR count). The zero-order valence-electron chi connectivity index (χ0n) is 9.16. The normalized spacial score (nSPS) is 13.4. The van der Waals surface area contributed by atoms with Crippen molar-refractivity contribution in [3.63, 3.8) is 0 Å². The summed E-state index contributed by atoms with van der Waals surface area (Å²) in [5, 5.41) is 0. The van der Waals surface area contributed by atoms with Gasteiger partial charge in [0.2, 0.25) is 0 Å². The van der Waals surface area contributed by atoms with Gasteiger partial charge < -0.3 is 4.74 Å². The van der Waals surface area contributed by atoms with E-state index in [9.17, 15) is 0 Å². The van der Waals surface area contributed by atoms with Crippen LogP contribution in [0.1, 0.15) is 24.5 Å². The molecule has 0 saturated heterocycles. The highest BCUT2D eigenvalue weighted by molar-refractivity contribution is 5.50. The fourth-order valence-corrected chi connectivity index (χ4v) is 1.27. The maximum absolute atomic E-state index is 5.16. The second-order valence-corrected chi connectivity index (χ2v) is 3.60. The van der Waals surface area contributed by atoms with Gasteiger partial charge >= 0.3 is 0 Å². The summed E-state index contributed by atoms with van der Waals surface area (Å²) >= 11 is 0. The summed E-state index contributed by atoms with van der Waals surface area (Å²) in [6, 6.07) is 8.47. The van der Waals surface area contributed by atoms with Crippen LogP contribution >= 0.6 is 0 Å². The zero-order valence-corrected chi connectivity index (χ0v) is 9.16. The topological polar surface area (TPSA) is 9.23 Å². The summed E-state index contributed by atoms with van der Waals surface area (Å²) < 4.78 is 5.16. The van der Waals surface area contributed by atoms with Gasteiger partial charge in [0.1, 0.15) is 0 Å². The smallest absolute Gasteiger partial charge is 0.0577 e. The molecule has 1 atom stereocenters. The van der Waals surface area contributed by atoms with Gasteiger partial charge in [-0.3, -0.25) is 0 Å². The molecule has 0 aliphatic rings. The van der Waals surface area contributed by atoms with Crippen LogP contribution in [0.15, 0.2) is 30.3 Å². The number of benzene rings is 1. The molecule has 0 unspecified atom stereocenters. The van der Waals surface area contributed by atoms with Gasteiger partial charge in [-0.15, -0.1) is 0 Å². The maximum Gasteiger partial charge on any atom is 0.0577 e. The van der Waals surface area contributed by atoms with Crippen molar-refractivity contribution in [3.05, 3.63) is 41.5 Å². The highest BCUT2D eigenvalue weighted by Crippen LogP contribution is 2.07. The van der Waals surface area contributed by atoms with Gasteiger partial charge in [-0.2, -0.15) is 0 Å². The second-order valence-electron chi connectivity index (χ2n) is 3.60. The molecule has 0 radical (unpaired) electrons. The Bertz CT molecular complexity index is 302. The first-order valence-corrected chi connectivity index (χ1v) is 4.98. The lowest BCUT2D eigenvalue weighted by Crippen LogP contribution is -2.01. The minimum absolute atomic E-state index is 0.302. The summed E-state index contributed by atoms with van der Waals surface area (Å²) in [6.07, 6.45) is 5.56. The molecule has 0 aromatic heterocycles. The standard InChI is InChI=1S/C13H18O/c1-11-6-4-8-13(10-11)9-5-7-12(2)14-3/h4-6,8-10,12H,7H2,1-3H3/b9-5+/t12-/m1/s1. The Balaban J connectivity index is 2.51. The number of hydrogen-bond acceptors (Lipinski definition) is 1. The fraction of sp³-hybridized carbons (Fsp3) is 0.385. The number of rotatable bonds is 4. The Morgan fingerprint density at radius 2 is 2.21 bits per heavy atom.